The average molecular weight is 181 g/mol. The van der Waals surface area contributed by atoms with E-state index in [1.54, 1.807) is 0 Å². The van der Waals surface area contributed by atoms with Gasteiger partial charge in [0, 0.05) is 11.9 Å². The lowest BCUT2D eigenvalue weighted by atomic mass is 10.5. The number of hydrogen-bond donors (Lipinski definition) is 2. The van der Waals surface area contributed by atoms with Crippen molar-refractivity contribution in [2.45, 2.75) is 6.42 Å². The number of carbonyl (C=O) groups is 1. The summed E-state index contributed by atoms with van der Waals surface area (Å²) < 4.78 is 0. The lowest BCUT2D eigenvalue weighted by Gasteiger charge is -1.95. The highest BCUT2D eigenvalue weighted by molar-refractivity contribution is 9.09. The Morgan fingerprint density at radius 2 is 2.38 bits per heavy atom. The van der Waals surface area contributed by atoms with Crippen LogP contribution in [-0.4, -0.2) is 17.9 Å². The van der Waals surface area contributed by atoms with Crippen molar-refractivity contribution in [1.29, 1.82) is 0 Å². The van der Waals surface area contributed by atoms with Gasteiger partial charge in [0.2, 0.25) is 0 Å². The molecule has 0 aliphatic carbocycles. The Morgan fingerprint density at radius 3 is 2.75 bits per heavy atom. The highest BCUT2D eigenvalue weighted by Gasteiger charge is 1.86. The Hall–Kier alpha value is -0.250. The maximum atomic E-state index is 9.97. The summed E-state index contributed by atoms with van der Waals surface area (Å²) in [5.41, 5.74) is 4.77. The van der Waals surface area contributed by atoms with Gasteiger partial charge in [-0.1, -0.05) is 15.9 Å². The molecule has 0 saturated carbocycles. The van der Waals surface area contributed by atoms with Crippen molar-refractivity contribution < 1.29 is 4.79 Å². The normalized spacial score (nSPS) is 8.62. The van der Waals surface area contributed by atoms with Crippen LogP contribution < -0.4 is 11.1 Å². The molecule has 2 amide bonds. The van der Waals surface area contributed by atoms with Crippen LogP contribution in [0.25, 0.3) is 0 Å². The molecule has 0 aliphatic rings. The van der Waals surface area contributed by atoms with Gasteiger partial charge in [0.1, 0.15) is 0 Å². The third-order valence-corrected chi connectivity index (χ3v) is 1.17. The van der Waals surface area contributed by atoms with Crippen LogP contribution in [0.5, 0.6) is 0 Å². The fraction of sp³-hybridized carbons (Fsp3) is 0.750. The molecule has 48 valence electrons. The van der Waals surface area contributed by atoms with Crippen LogP contribution in [0.4, 0.5) is 4.79 Å². The fourth-order valence-corrected chi connectivity index (χ4v) is 0.559. The number of carbonyl (C=O) groups excluding carboxylic acids is 1. The van der Waals surface area contributed by atoms with Crippen molar-refractivity contribution in [3.05, 3.63) is 0 Å². The molecular formula is C4H9BrN2O. The molecule has 0 bridgehead atoms. The Kier molecular flexibility index (Phi) is 4.75. The molecule has 0 aromatic heterocycles. The number of halogens is 1. The van der Waals surface area contributed by atoms with Crippen LogP contribution in [0, 0.1) is 0 Å². The van der Waals surface area contributed by atoms with E-state index in [0.29, 0.717) is 6.54 Å². The Labute approximate surface area is 56.8 Å². The molecule has 0 heterocycles. The minimum absolute atomic E-state index is 0.453. The molecule has 0 fully saturated rings. The van der Waals surface area contributed by atoms with E-state index in [9.17, 15) is 4.79 Å². The molecule has 0 spiro atoms. The van der Waals surface area contributed by atoms with Crippen molar-refractivity contribution in [2.24, 2.45) is 5.73 Å². The van der Waals surface area contributed by atoms with Crippen LogP contribution in [0.3, 0.4) is 0 Å². The van der Waals surface area contributed by atoms with Gasteiger partial charge in [-0.2, -0.15) is 0 Å². The summed E-state index contributed by atoms with van der Waals surface area (Å²) in [7, 11) is 0. The van der Waals surface area contributed by atoms with Crippen molar-refractivity contribution in [3.8, 4) is 0 Å². The van der Waals surface area contributed by atoms with Gasteiger partial charge in [0.25, 0.3) is 0 Å². The molecule has 3 N–H and O–H groups in total. The third kappa shape index (κ3) is 5.75. The Bertz CT molecular complexity index is 76.4. The van der Waals surface area contributed by atoms with Crippen LogP contribution in [0.15, 0.2) is 0 Å². The van der Waals surface area contributed by atoms with Gasteiger partial charge in [0.15, 0.2) is 0 Å². The highest BCUT2D eigenvalue weighted by atomic mass is 79.9. The monoisotopic (exact) mass is 180 g/mol. The number of nitrogens with one attached hydrogen (secondary N) is 1. The van der Waals surface area contributed by atoms with E-state index in [2.05, 4.69) is 21.2 Å². The van der Waals surface area contributed by atoms with Gasteiger partial charge in [0.05, 0.1) is 0 Å². The molecule has 0 aromatic rings. The third-order valence-electron chi connectivity index (χ3n) is 0.610. The number of primary amides is 1. The summed E-state index contributed by atoms with van der Waals surface area (Å²) >= 11 is 3.21. The minimum Gasteiger partial charge on any atom is -0.352 e. The first-order valence-electron chi connectivity index (χ1n) is 2.36. The molecule has 0 aliphatic heterocycles. The first-order chi connectivity index (χ1) is 3.77. The topological polar surface area (TPSA) is 55.1 Å². The smallest absolute Gasteiger partial charge is 0.312 e. The predicted octanol–water partition coefficient (Wildman–Crippen LogP) is 0.440. The molecule has 0 atom stereocenters. The second-order valence-electron chi connectivity index (χ2n) is 1.33. The number of rotatable bonds is 3. The van der Waals surface area contributed by atoms with E-state index in [1.807, 2.05) is 0 Å². The fourth-order valence-electron chi connectivity index (χ4n) is 0.278. The zero-order chi connectivity index (χ0) is 6.41. The van der Waals surface area contributed by atoms with Crippen LogP contribution in [0.1, 0.15) is 6.42 Å². The first kappa shape index (κ1) is 7.75. The van der Waals surface area contributed by atoms with Gasteiger partial charge < -0.3 is 11.1 Å². The standard InChI is InChI=1S/C4H9BrN2O/c5-2-1-3-7-4(6)8/h1-3H2,(H3,6,7,8). The van der Waals surface area contributed by atoms with Gasteiger partial charge in [-0.3, -0.25) is 0 Å². The summed E-state index contributed by atoms with van der Waals surface area (Å²) in [6.45, 7) is 0.653. The molecule has 0 radical (unpaired) electrons. The zero-order valence-electron chi connectivity index (χ0n) is 4.48. The second kappa shape index (κ2) is 4.90. The number of amides is 2. The minimum atomic E-state index is -0.453. The van der Waals surface area contributed by atoms with E-state index in [4.69, 9.17) is 5.73 Å². The van der Waals surface area contributed by atoms with Crippen molar-refractivity contribution in [2.75, 3.05) is 11.9 Å². The molecule has 8 heavy (non-hydrogen) atoms. The maximum absolute atomic E-state index is 9.97. The van der Waals surface area contributed by atoms with Crippen molar-refractivity contribution >= 4 is 22.0 Å². The van der Waals surface area contributed by atoms with Crippen LogP contribution in [0.2, 0.25) is 0 Å². The number of nitrogens with two attached hydrogens (primary N) is 1. The molecule has 4 heteroatoms. The Balaban J connectivity index is 2.82. The average Bonchev–Trinajstić information content (AvgIpc) is 1.66. The van der Waals surface area contributed by atoms with Crippen molar-refractivity contribution in [1.82, 2.24) is 5.32 Å². The highest BCUT2D eigenvalue weighted by Crippen LogP contribution is 1.83. The van der Waals surface area contributed by atoms with Gasteiger partial charge in [-0.15, -0.1) is 0 Å². The van der Waals surface area contributed by atoms with Gasteiger partial charge in [-0.05, 0) is 6.42 Å². The maximum Gasteiger partial charge on any atom is 0.312 e. The molecule has 0 rings (SSSR count). The van der Waals surface area contributed by atoms with Crippen LogP contribution in [-0.2, 0) is 0 Å². The first-order valence-corrected chi connectivity index (χ1v) is 3.49. The number of urea groups is 1. The lowest BCUT2D eigenvalue weighted by Crippen LogP contribution is -2.30. The van der Waals surface area contributed by atoms with E-state index >= 15 is 0 Å². The van der Waals surface area contributed by atoms with Crippen molar-refractivity contribution in [3.63, 3.8) is 0 Å². The summed E-state index contributed by atoms with van der Waals surface area (Å²) in [5.74, 6) is 0. The van der Waals surface area contributed by atoms with Gasteiger partial charge in [-0.25, -0.2) is 4.79 Å². The number of hydrogen-bond acceptors (Lipinski definition) is 1. The molecular weight excluding hydrogens is 172 g/mol. The Morgan fingerprint density at radius 1 is 1.75 bits per heavy atom. The number of alkyl halides is 1. The summed E-state index contributed by atoms with van der Waals surface area (Å²) in [5, 5.41) is 3.35. The van der Waals surface area contributed by atoms with Gasteiger partial charge >= 0.3 is 6.03 Å². The van der Waals surface area contributed by atoms with E-state index < -0.39 is 6.03 Å². The van der Waals surface area contributed by atoms with Crippen LogP contribution >= 0.6 is 15.9 Å². The zero-order valence-corrected chi connectivity index (χ0v) is 6.07. The summed E-state index contributed by atoms with van der Waals surface area (Å²) in [4.78, 5) is 9.97. The molecule has 0 unspecified atom stereocenters. The predicted molar refractivity (Wildman–Crippen MR) is 36.0 cm³/mol. The molecule has 0 saturated heterocycles. The van der Waals surface area contributed by atoms with E-state index in [-0.39, 0.29) is 0 Å². The molecule has 3 nitrogen and oxygen atoms in total. The quantitative estimate of drug-likeness (QED) is 0.481. The van der Waals surface area contributed by atoms with E-state index in [0.717, 1.165) is 11.8 Å². The largest absolute Gasteiger partial charge is 0.352 e. The summed E-state index contributed by atoms with van der Waals surface area (Å²) in [6, 6.07) is -0.453. The summed E-state index contributed by atoms with van der Waals surface area (Å²) in [6.07, 6.45) is 0.920. The SMILES string of the molecule is NC(=O)NCCCBr. The lowest BCUT2D eigenvalue weighted by molar-refractivity contribution is 0.249. The van der Waals surface area contributed by atoms with E-state index in [1.165, 1.54) is 0 Å². The molecule has 0 aromatic carbocycles. The second-order valence-corrected chi connectivity index (χ2v) is 2.13.